The number of nitrogens with one attached hydrogen (secondary N) is 1. The number of likely N-dealkylation sites (N-methyl/N-ethyl adjacent to an activating group) is 1. The van der Waals surface area contributed by atoms with Gasteiger partial charge in [-0.25, -0.2) is 9.97 Å². The summed E-state index contributed by atoms with van der Waals surface area (Å²) in [6, 6.07) is 1.80. The number of hydrogen-bond acceptors (Lipinski definition) is 5. The van der Waals surface area contributed by atoms with Crippen LogP contribution in [-0.4, -0.2) is 33.7 Å². The molecule has 1 amide bonds. The molecule has 3 N–H and O–H groups in total. The standard InChI is InChI=1S/C12H18N4OS/c1-14-12(10(13)17)5-2-4-9(8-12)18-11-15-6-3-7-16-11/h3,6-7,9,14H,2,4-5,8H2,1H3,(H2,13,17). The number of aromatic nitrogens is 2. The van der Waals surface area contributed by atoms with E-state index in [0.717, 1.165) is 30.8 Å². The van der Waals surface area contributed by atoms with Crippen LogP contribution in [0.3, 0.4) is 0 Å². The molecule has 98 valence electrons. The summed E-state index contributed by atoms with van der Waals surface area (Å²) < 4.78 is 0. The van der Waals surface area contributed by atoms with Crippen molar-refractivity contribution in [1.29, 1.82) is 0 Å². The number of carbonyl (C=O) groups excluding carboxylic acids is 1. The molecule has 0 spiro atoms. The minimum atomic E-state index is -0.565. The Balaban J connectivity index is 2.05. The number of rotatable bonds is 4. The highest BCUT2D eigenvalue weighted by Crippen LogP contribution is 2.36. The SMILES string of the molecule is CNC1(C(N)=O)CCCC(Sc2ncccn2)C1. The van der Waals surface area contributed by atoms with Crippen LogP contribution < -0.4 is 11.1 Å². The van der Waals surface area contributed by atoms with Gasteiger partial charge in [-0.2, -0.15) is 0 Å². The van der Waals surface area contributed by atoms with Crippen molar-refractivity contribution in [2.45, 2.75) is 41.6 Å². The Morgan fingerprint density at radius 1 is 1.56 bits per heavy atom. The summed E-state index contributed by atoms with van der Waals surface area (Å²) in [5.41, 5.74) is 4.96. The quantitative estimate of drug-likeness (QED) is 0.793. The van der Waals surface area contributed by atoms with Gasteiger partial charge in [0.15, 0.2) is 5.16 Å². The first-order valence-electron chi connectivity index (χ1n) is 6.09. The molecule has 1 aromatic rings. The summed E-state index contributed by atoms with van der Waals surface area (Å²) in [6.07, 6.45) is 7.08. The number of carbonyl (C=O) groups is 1. The van der Waals surface area contributed by atoms with E-state index in [2.05, 4.69) is 15.3 Å². The maximum absolute atomic E-state index is 11.6. The van der Waals surface area contributed by atoms with E-state index in [-0.39, 0.29) is 5.91 Å². The van der Waals surface area contributed by atoms with Crippen LogP contribution in [0.2, 0.25) is 0 Å². The van der Waals surface area contributed by atoms with E-state index in [4.69, 9.17) is 5.73 Å². The van der Waals surface area contributed by atoms with Gasteiger partial charge in [-0.15, -0.1) is 0 Å². The fourth-order valence-corrected chi connectivity index (χ4v) is 3.59. The van der Waals surface area contributed by atoms with Gasteiger partial charge in [0.1, 0.15) is 0 Å². The molecule has 1 heterocycles. The zero-order chi connectivity index (χ0) is 13.0. The first-order chi connectivity index (χ1) is 8.66. The van der Waals surface area contributed by atoms with Crippen molar-refractivity contribution in [2.75, 3.05) is 7.05 Å². The molecule has 2 rings (SSSR count). The van der Waals surface area contributed by atoms with Crippen LogP contribution in [0.1, 0.15) is 25.7 Å². The Labute approximate surface area is 111 Å². The Kier molecular flexibility index (Phi) is 4.19. The molecule has 1 aliphatic rings. The average Bonchev–Trinajstić information content (AvgIpc) is 2.40. The maximum atomic E-state index is 11.6. The monoisotopic (exact) mass is 266 g/mol. The topological polar surface area (TPSA) is 80.9 Å². The third-order valence-corrected chi connectivity index (χ3v) is 4.63. The van der Waals surface area contributed by atoms with E-state index >= 15 is 0 Å². The molecule has 6 heteroatoms. The van der Waals surface area contributed by atoms with Gasteiger partial charge < -0.3 is 11.1 Å². The summed E-state index contributed by atoms with van der Waals surface area (Å²) in [6.45, 7) is 0. The predicted molar refractivity (Wildman–Crippen MR) is 71.1 cm³/mol. The van der Waals surface area contributed by atoms with Crippen LogP contribution in [0.15, 0.2) is 23.6 Å². The lowest BCUT2D eigenvalue weighted by Gasteiger charge is -2.37. The van der Waals surface area contributed by atoms with Gasteiger partial charge in [0.25, 0.3) is 0 Å². The first kappa shape index (κ1) is 13.3. The molecule has 0 saturated heterocycles. The van der Waals surface area contributed by atoms with Crippen molar-refractivity contribution in [2.24, 2.45) is 5.73 Å². The lowest BCUT2D eigenvalue weighted by Crippen LogP contribution is -2.57. The molecule has 0 aromatic carbocycles. The van der Waals surface area contributed by atoms with Crippen LogP contribution in [-0.2, 0) is 4.79 Å². The molecule has 2 unspecified atom stereocenters. The summed E-state index contributed by atoms with van der Waals surface area (Å²) in [4.78, 5) is 20.0. The summed E-state index contributed by atoms with van der Waals surface area (Å²) in [7, 11) is 1.80. The number of nitrogens with two attached hydrogens (primary N) is 1. The second kappa shape index (κ2) is 5.67. The van der Waals surface area contributed by atoms with Crippen molar-refractivity contribution >= 4 is 17.7 Å². The van der Waals surface area contributed by atoms with E-state index in [1.165, 1.54) is 0 Å². The summed E-state index contributed by atoms with van der Waals surface area (Å²) >= 11 is 1.63. The molecule has 18 heavy (non-hydrogen) atoms. The van der Waals surface area contributed by atoms with Crippen molar-refractivity contribution < 1.29 is 4.79 Å². The highest BCUT2D eigenvalue weighted by atomic mass is 32.2. The third kappa shape index (κ3) is 2.81. The van der Waals surface area contributed by atoms with Gasteiger partial charge in [-0.3, -0.25) is 4.79 Å². The van der Waals surface area contributed by atoms with Gasteiger partial charge in [-0.05, 0) is 38.8 Å². The van der Waals surface area contributed by atoms with Gasteiger partial charge in [0.05, 0.1) is 5.54 Å². The second-order valence-electron chi connectivity index (χ2n) is 4.56. The van der Waals surface area contributed by atoms with Gasteiger partial charge in [0, 0.05) is 17.6 Å². The fourth-order valence-electron chi connectivity index (χ4n) is 2.39. The van der Waals surface area contributed by atoms with Gasteiger partial charge >= 0.3 is 0 Å². The van der Waals surface area contributed by atoms with E-state index in [9.17, 15) is 4.79 Å². The van der Waals surface area contributed by atoms with Crippen LogP contribution in [0.4, 0.5) is 0 Å². The van der Waals surface area contributed by atoms with E-state index < -0.39 is 5.54 Å². The molecule has 1 saturated carbocycles. The number of thioether (sulfide) groups is 1. The number of nitrogens with zero attached hydrogens (tertiary/aromatic N) is 2. The number of primary amides is 1. The van der Waals surface area contributed by atoms with Crippen LogP contribution in [0, 0.1) is 0 Å². The Morgan fingerprint density at radius 3 is 2.89 bits per heavy atom. The van der Waals surface area contributed by atoms with Crippen molar-refractivity contribution in [3.05, 3.63) is 18.5 Å². The highest BCUT2D eigenvalue weighted by Gasteiger charge is 2.40. The lowest BCUT2D eigenvalue weighted by atomic mass is 9.81. The Morgan fingerprint density at radius 2 is 2.28 bits per heavy atom. The number of hydrogen-bond donors (Lipinski definition) is 2. The predicted octanol–water partition coefficient (Wildman–Crippen LogP) is 0.955. The molecule has 1 fully saturated rings. The minimum absolute atomic E-state index is 0.260. The molecule has 2 atom stereocenters. The Bertz CT molecular complexity index is 414. The largest absolute Gasteiger partial charge is 0.368 e. The summed E-state index contributed by atoms with van der Waals surface area (Å²) in [5.74, 6) is -0.260. The van der Waals surface area contributed by atoms with Crippen LogP contribution >= 0.6 is 11.8 Å². The molecule has 1 aliphatic carbocycles. The van der Waals surface area contributed by atoms with Crippen LogP contribution in [0.5, 0.6) is 0 Å². The van der Waals surface area contributed by atoms with Crippen molar-refractivity contribution in [3.8, 4) is 0 Å². The van der Waals surface area contributed by atoms with Crippen molar-refractivity contribution in [3.63, 3.8) is 0 Å². The average molecular weight is 266 g/mol. The number of amides is 1. The molecule has 0 radical (unpaired) electrons. The van der Waals surface area contributed by atoms with Crippen molar-refractivity contribution in [1.82, 2.24) is 15.3 Å². The lowest BCUT2D eigenvalue weighted by molar-refractivity contribution is -0.125. The second-order valence-corrected chi connectivity index (χ2v) is 5.83. The smallest absolute Gasteiger partial charge is 0.237 e. The zero-order valence-electron chi connectivity index (χ0n) is 10.4. The van der Waals surface area contributed by atoms with E-state index in [1.807, 2.05) is 0 Å². The molecular weight excluding hydrogens is 248 g/mol. The molecule has 1 aromatic heterocycles. The van der Waals surface area contributed by atoms with Gasteiger partial charge in [-0.1, -0.05) is 11.8 Å². The molecular formula is C12H18N4OS. The molecule has 0 aliphatic heterocycles. The highest BCUT2D eigenvalue weighted by molar-refractivity contribution is 7.99. The minimum Gasteiger partial charge on any atom is -0.368 e. The van der Waals surface area contributed by atoms with Gasteiger partial charge in [0.2, 0.25) is 5.91 Å². The molecule has 0 bridgehead atoms. The maximum Gasteiger partial charge on any atom is 0.237 e. The normalized spacial score (nSPS) is 27.9. The zero-order valence-corrected chi connectivity index (χ0v) is 11.2. The molecule has 5 nitrogen and oxygen atoms in total. The Hall–Kier alpha value is -1.14. The summed E-state index contributed by atoms with van der Waals surface area (Å²) in [5, 5.41) is 4.20. The third-order valence-electron chi connectivity index (χ3n) is 3.47. The van der Waals surface area contributed by atoms with E-state index in [1.54, 1.807) is 37.3 Å². The first-order valence-corrected chi connectivity index (χ1v) is 6.97. The fraction of sp³-hybridized carbons (Fsp3) is 0.583. The van der Waals surface area contributed by atoms with Crippen LogP contribution in [0.25, 0.3) is 0 Å². The van der Waals surface area contributed by atoms with E-state index in [0.29, 0.717) is 5.25 Å².